The summed E-state index contributed by atoms with van der Waals surface area (Å²) in [6.07, 6.45) is 0.821. The molecule has 0 atom stereocenters. The fourth-order valence-electron chi connectivity index (χ4n) is 3.73. The number of aryl methyl sites for hydroxylation is 1. The number of aromatic nitrogens is 2. The summed E-state index contributed by atoms with van der Waals surface area (Å²) in [4.78, 5) is 26.3. The number of fused-ring (bicyclic) bond motifs is 1. The van der Waals surface area contributed by atoms with Crippen LogP contribution in [0.15, 0.2) is 6.07 Å². The molecule has 0 aliphatic carbocycles. The van der Waals surface area contributed by atoms with Crippen LogP contribution in [0.25, 0.3) is 10.9 Å². The molecule has 1 saturated heterocycles. The molecular weight excluding hydrogens is 365 g/mol. The van der Waals surface area contributed by atoms with Crippen molar-refractivity contribution in [1.82, 2.24) is 15.1 Å². The van der Waals surface area contributed by atoms with Gasteiger partial charge in [-0.1, -0.05) is 0 Å². The molecule has 0 saturated carbocycles. The Bertz CT molecular complexity index is 908. The lowest BCUT2D eigenvalue weighted by Gasteiger charge is -2.34. The van der Waals surface area contributed by atoms with Crippen LogP contribution in [0.5, 0.6) is 0 Å². The van der Waals surface area contributed by atoms with Gasteiger partial charge < -0.3 is 14.4 Å². The first-order valence-corrected chi connectivity index (χ1v) is 9.35. The summed E-state index contributed by atoms with van der Waals surface area (Å²) in [6, 6.07) is 1.25. The molecule has 1 aromatic carbocycles. The molecule has 1 aliphatic rings. The van der Waals surface area contributed by atoms with Crippen LogP contribution < -0.4 is 0 Å². The molecule has 7 nitrogen and oxygen atoms in total. The van der Waals surface area contributed by atoms with Crippen LogP contribution in [0, 0.1) is 12.7 Å². The van der Waals surface area contributed by atoms with Crippen molar-refractivity contribution in [1.29, 1.82) is 0 Å². The van der Waals surface area contributed by atoms with Crippen molar-refractivity contribution >= 4 is 23.0 Å². The van der Waals surface area contributed by atoms with Crippen LogP contribution in [-0.4, -0.2) is 53.0 Å². The number of carbonyl (C=O) groups is 2. The van der Waals surface area contributed by atoms with Gasteiger partial charge in [0.1, 0.15) is 11.4 Å². The second kappa shape index (κ2) is 7.41. The van der Waals surface area contributed by atoms with E-state index in [0.717, 1.165) is 11.1 Å². The van der Waals surface area contributed by atoms with Crippen molar-refractivity contribution < 1.29 is 23.5 Å². The number of nitrogens with one attached hydrogen (secondary N) is 1. The molecule has 1 aromatic heterocycles. The Labute approximate surface area is 163 Å². The van der Waals surface area contributed by atoms with Gasteiger partial charge in [-0.15, -0.1) is 0 Å². The van der Waals surface area contributed by atoms with E-state index in [-0.39, 0.29) is 17.6 Å². The van der Waals surface area contributed by atoms with Crippen molar-refractivity contribution in [3.63, 3.8) is 0 Å². The van der Waals surface area contributed by atoms with Crippen LogP contribution in [0.2, 0.25) is 0 Å². The van der Waals surface area contributed by atoms with Crippen molar-refractivity contribution in [3.05, 3.63) is 28.7 Å². The van der Waals surface area contributed by atoms with Crippen LogP contribution in [0.3, 0.4) is 0 Å². The number of amides is 1. The van der Waals surface area contributed by atoms with Crippen molar-refractivity contribution in [2.75, 3.05) is 20.2 Å². The second-order valence-electron chi connectivity index (χ2n) is 8.12. The summed E-state index contributed by atoms with van der Waals surface area (Å²) in [5, 5.41) is 7.76. The minimum absolute atomic E-state index is 0.0461. The van der Waals surface area contributed by atoms with Crippen molar-refractivity contribution in [3.8, 4) is 0 Å². The lowest BCUT2D eigenvalue weighted by atomic mass is 9.83. The Hall–Kier alpha value is -2.64. The lowest BCUT2D eigenvalue weighted by Crippen LogP contribution is -2.41. The van der Waals surface area contributed by atoms with E-state index in [0.29, 0.717) is 37.0 Å². The predicted octanol–water partition coefficient (Wildman–Crippen LogP) is 3.91. The molecule has 0 unspecified atom stereocenters. The SMILES string of the molecule is COC(=O)c1c(F)cc2n[nH]c(C)c2c1C1CCN(C(=O)OC(C)(C)C)CC1. The van der Waals surface area contributed by atoms with Gasteiger partial charge in [0.15, 0.2) is 0 Å². The normalized spacial score (nSPS) is 15.7. The van der Waals surface area contributed by atoms with Crippen LogP contribution in [-0.2, 0) is 9.47 Å². The number of esters is 1. The molecule has 2 heterocycles. The van der Waals surface area contributed by atoms with E-state index in [4.69, 9.17) is 9.47 Å². The fourth-order valence-corrected chi connectivity index (χ4v) is 3.73. The van der Waals surface area contributed by atoms with E-state index in [1.54, 1.807) is 4.90 Å². The molecule has 1 aliphatic heterocycles. The summed E-state index contributed by atoms with van der Waals surface area (Å²) in [7, 11) is 1.24. The van der Waals surface area contributed by atoms with E-state index in [1.165, 1.54) is 13.2 Å². The van der Waals surface area contributed by atoms with Gasteiger partial charge in [-0.25, -0.2) is 14.0 Å². The third kappa shape index (κ3) is 3.81. The monoisotopic (exact) mass is 391 g/mol. The van der Waals surface area contributed by atoms with Gasteiger partial charge >= 0.3 is 12.1 Å². The molecule has 1 fully saturated rings. The van der Waals surface area contributed by atoms with Crippen LogP contribution >= 0.6 is 0 Å². The van der Waals surface area contributed by atoms with Gasteiger partial charge in [0, 0.05) is 30.2 Å². The first-order valence-electron chi connectivity index (χ1n) is 9.35. The zero-order valence-electron chi connectivity index (χ0n) is 16.9. The summed E-state index contributed by atoms with van der Waals surface area (Å²) in [6.45, 7) is 8.25. The van der Waals surface area contributed by atoms with E-state index >= 15 is 0 Å². The van der Waals surface area contributed by atoms with Crippen LogP contribution in [0.4, 0.5) is 9.18 Å². The second-order valence-corrected chi connectivity index (χ2v) is 8.12. The van der Waals surface area contributed by atoms with E-state index < -0.39 is 17.4 Å². The number of methoxy groups -OCH3 is 1. The number of hydrogen-bond donors (Lipinski definition) is 1. The molecule has 1 amide bonds. The number of ether oxygens (including phenoxy) is 2. The average molecular weight is 391 g/mol. The Kier molecular flexibility index (Phi) is 5.32. The summed E-state index contributed by atoms with van der Waals surface area (Å²) in [5.41, 5.74) is 1.25. The van der Waals surface area contributed by atoms with Gasteiger partial charge in [0.2, 0.25) is 0 Å². The highest BCUT2D eigenvalue weighted by atomic mass is 19.1. The lowest BCUT2D eigenvalue weighted by molar-refractivity contribution is 0.0203. The Balaban J connectivity index is 1.93. The zero-order chi connectivity index (χ0) is 20.6. The smallest absolute Gasteiger partial charge is 0.410 e. The first-order chi connectivity index (χ1) is 13.1. The fraction of sp³-hybridized carbons (Fsp3) is 0.550. The molecule has 3 rings (SSSR count). The number of aromatic amines is 1. The number of carbonyl (C=O) groups excluding carboxylic acids is 2. The topological polar surface area (TPSA) is 84.5 Å². The number of halogens is 1. The maximum atomic E-state index is 14.7. The molecule has 0 radical (unpaired) electrons. The molecule has 2 aromatic rings. The number of H-pyrrole nitrogens is 1. The van der Waals surface area contributed by atoms with Crippen molar-refractivity contribution in [2.45, 2.75) is 52.1 Å². The minimum Gasteiger partial charge on any atom is -0.465 e. The third-order valence-corrected chi connectivity index (χ3v) is 4.96. The zero-order valence-corrected chi connectivity index (χ0v) is 16.9. The van der Waals surface area contributed by atoms with Gasteiger partial charge in [-0.2, -0.15) is 5.10 Å². The van der Waals surface area contributed by atoms with Gasteiger partial charge in [0.25, 0.3) is 0 Å². The summed E-state index contributed by atoms with van der Waals surface area (Å²) >= 11 is 0. The highest BCUT2D eigenvalue weighted by Gasteiger charge is 2.33. The quantitative estimate of drug-likeness (QED) is 0.785. The third-order valence-electron chi connectivity index (χ3n) is 4.96. The molecule has 28 heavy (non-hydrogen) atoms. The number of nitrogens with zero attached hydrogens (tertiary/aromatic N) is 2. The van der Waals surface area contributed by atoms with Gasteiger partial charge in [0.05, 0.1) is 18.2 Å². The van der Waals surface area contributed by atoms with E-state index in [2.05, 4.69) is 10.2 Å². The maximum absolute atomic E-state index is 14.7. The molecular formula is C20H26FN3O4. The minimum atomic E-state index is -0.704. The van der Waals surface area contributed by atoms with Crippen molar-refractivity contribution in [2.24, 2.45) is 0 Å². The number of rotatable bonds is 2. The average Bonchev–Trinajstić information content (AvgIpc) is 2.99. The largest absolute Gasteiger partial charge is 0.465 e. The Morgan fingerprint density at radius 2 is 1.93 bits per heavy atom. The number of benzene rings is 1. The highest BCUT2D eigenvalue weighted by molar-refractivity contribution is 5.99. The number of hydrogen-bond acceptors (Lipinski definition) is 5. The van der Waals surface area contributed by atoms with Gasteiger partial charge in [-0.05, 0) is 52.0 Å². The number of piperidine rings is 1. The molecule has 0 bridgehead atoms. The summed E-state index contributed by atoms with van der Waals surface area (Å²) in [5.74, 6) is -1.44. The molecule has 0 spiro atoms. The Morgan fingerprint density at radius 3 is 2.50 bits per heavy atom. The number of likely N-dealkylation sites (tertiary alicyclic amines) is 1. The summed E-state index contributed by atoms with van der Waals surface area (Å²) < 4.78 is 25.0. The first kappa shape index (κ1) is 20.1. The van der Waals surface area contributed by atoms with Gasteiger partial charge in [-0.3, -0.25) is 5.10 Å². The highest BCUT2D eigenvalue weighted by Crippen LogP contribution is 2.38. The molecule has 152 valence electrons. The standard InChI is InChI=1S/C20H26FN3O4/c1-11-15-14(23-22-11)10-13(21)17(18(25)27-5)16(15)12-6-8-24(9-7-12)19(26)28-20(2,3)4/h10,12H,6-9H2,1-5H3,(H,22,23). The predicted molar refractivity (Wildman–Crippen MR) is 102 cm³/mol. The van der Waals surface area contributed by atoms with Crippen LogP contribution in [0.1, 0.15) is 61.1 Å². The van der Waals surface area contributed by atoms with E-state index in [1.807, 2.05) is 27.7 Å². The Morgan fingerprint density at radius 1 is 1.29 bits per heavy atom. The molecule has 1 N–H and O–H groups in total. The van der Waals surface area contributed by atoms with E-state index in [9.17, 15) is 14.0 Å². The molecule has 8 heteroatoms. The maximum Gasteiger partial charge on any atom is 0.410 e.